The topological polar surface area (TPSA) is 32.3 Å². The predicted octanol–water partition coefficient (Wildman–Crippen LogP) is 4.32. The fourth-order valence-corrected chi connectivity index (χ4v) is 3.02. The fraction of sp³-hybridized carbons (Fsp3) is 0.368. The molecule has 1 saturated heterocycles. The van der Waals surface area contributed by atoms with Gasteiger partial charge in [-0.15, -0.1) is 12.4 Å². The lowest BCUT2D eigenvalue weighted by atomic mass is 10.00. The number of quaternary nitrogens is 1. The van der Waals surface area contributed by atoms with Gasteiger partial charge in [-0.25, -0.2) is 0 Å². The summed E-state index contributed by atoms with van der Waals surface area (Å²) in [5, 5.41) is 12.0. The molecular formula is C19H24ClNO2. The molecule has 0 saturated carbocycles. The Bertz CT molecular complexity index is 539. The Kier molecular flexibility index (Phi) is 6.19. The summed E-state index contributed by atoms with van der Waals surface area (Å²) in [6, 6.07) is 20.6. The van der Waals surface area contributed by atoms with Gasteiger partial charge >= 0.3 is 0 Å². The van der Waals surface area contributed by atoms with Gasteiger partial charge < -0.3 is 14.6 Å². The summed E-state index contributed by atoms with van der Waals surface area (Å²) in [4.78, 5) is 0. The fourth-order valence-electron chi connectivity index (χ4n) is 3.02. The summed E-state index contributed by atoms with van der Waals surface area (Å²) in [5.41, 5.74) is 2.33. The molecule has 0 bridgehead atoms. The van der Waals surface area contributed by atoms with Gasteiger partial charge in [-0.05, 0) is 11.1 Å². The number of hydrogen-bond acceptors (Lipinski definition) is 2. The summed E-state index contributed by atoms with van der Waals surface area (Å²) >= 11 is 0. The summed E-state index contributed by atoms with van der Waals surface area (Å²) in [7, 11) is 1.75. The normalized spacial score (nSPS) is 24.2. The van der Waals surface area contributed by atoms with Crippen LogP contribution in [-0.2, 0) is 4.74 Å². The van der Waals surface area contributed by atoms with Gasteiger partial charge in [0.15, 0.2) is 0 Å². The summed E-state index contributed by atoms with van der Waals surface area (Å²) in [5.74, 6) is 0. The van der Waals surface area contributed by atoms with Crippen molar-refractivity contribution in [2.45, 2.75) is 25.0 Å². The van der Waals surface area contributed by atoms with Crippen molar-refractivity contribution in [3.05, 3.63) is 77.0 Å². The van der Waals surface area contributed by atoms with Crippen molar-refractivity contribution in [3.8, 4) is 0 Å². The molecular weight excluding hydrogens is 310 g/mol. The van der Waals surface area contributed by atoms with E-state index >= 15 is 0 Å². The van der Waals surface area contributed by atoms with E-state index in [0.717, 1.165) is 12.8 Å². The van der Waals surface area contributed by atoms with Crippen LogP contribution < -0.4 is 0 Å². The van der Waals surface area contributed by atoms with Gasteiger partial charge in [0.25, 0.3) is 0 Å². The monoisotopic (exact) mass is 333 g/mol. The molecule has 23 heavy (non-hydrogen) atoms. The van der Waals surface area contributed by atoms with Gasteiger partial charge in [0.1, 0.15) is 6.10 Å². The van der Waals surface area contributed by atoms with Gasteiger partial charge in [-0.3, -0.25) is 0 Å². The molecule has 4 heteroatoms. The van der Waals surface area contributed by atoms with E-state index in [1.165, 1.54) is 11.1 Å². The van der Waals surface area contributed by atoms with Crippen molar-refractivity contribution < 1.29 is 9.38 Å². The Morgan fingerprint density at radius 1 is 0.913 bits per heavy atom. The molecule has 3 rings (SSSR count). The first-order valence-electron chi connectivity index (χ1n) is 7.95. The molecule has 124 valence electrons. The highest BCUT2D eigenvalue weighted by molar-refractivity contribution is 5.85. The van der Waals surface area contributed by atoms with Gasteiger partial charge in [-0.2, -0.15) is 0 Å². The average molecular weight is 334 g/mol. The van der Waals surface area contributed by atoms with E-state index in [2.05, 4.69) is 24.3 Å². The smallest absolute Gasteiger partial charge is 0.108 e. The molecule has 0 aliphatic carbocycles. The molecule has 0 unspecified atom stereocenters. The Hall–Kier alpha value is -1.39. The van der Waals surface area contributed by atoms with Crippen LogP contribution in [0.25, 0.3) is 0 Å². The highest BCUT2D eigenvalue weighted by Crippen LogP contribution is 2.30. The van der Waals surface area contributed by atoms with Crippen LogP contribution >= 0.6 is 12.4 Å². The highest BCUT2D eigenvalue weighted by Gasteiger charge is 2.27. The zero-order chi connectivity index (χ0) is 15.4. The average Bonchev–Trinajstić information content (AvgIpc) is 2.55. The van der Waals surface area contributed by atoms with E-state index in [4.69, 9.17) is 4.74 Å². The van der Waals surface area contributed by atoms with E-state index < -0.39 is 0 Å². The van der Waals surface area contributed by atoms with E-state index in [1.807, 2.05) is 36.4 Å². The van der Waals surface area contributed by atoms with E-state index in [1.54, 1.807) is 7.05 Å². The maximum absolute atomic E-state index is 12.0. The number of hydroxylamine groups is 3. The van der Waals surface area contributed by atoms with Crippen LogP contribution in [-0.4, -0.2) is 30.9 Å². The molecule has 0 atom stereocenters. The second-order valence-corrected chi connectivity index (χ2v) is 6.28. The Balaban J connectivity index is 0.00000192. The van der Waals surface area contributed by atoms with Crippen molar-refractivity contribution in [1.82, 2.24) is 0 Å². The molecule has 0 amide bonds. The number of rotatable bonds is 4. The second-order valence-electron chi connectivity index (χ2n) is 6.28. The molecule has 2 aromatic rings. The standard InChI is InChI=1S/C19H23NO2.ClH/c1-20(21)14-12-18(13-15-20)22-19(16-8-4-2-5-9-16)17-10-6-3-7-11-17;/h2-11,18-19H,12-15H2,1H3;1H. The van der Waals surface area contributed by atoms with Gasteiger partial charge in [-0.1, -0.05) is 60.7 Å². The van der Waals surface area contributed by atoms with E-state index in [9.17, 15) is 5.21 Å². The number of piperidine rings is 1. The minimum absolute atomic E-state index is 0. The van der Waals surface area contributed by atoms with Gasteiger partial charge in [0.05, 0.1) is 26.2 Å². The SMILES string of the molecule is C[N+]1([O-])CCC(OC(c2ccccc2)c2ccccc2)CC1.Cl. The van der Waals surface area contributed by atoms with Crippen LogP contribution in [0.2, 0.25) is 0 Å². The molecule has 3 nitrogen and oxygen atoms in total. The van der Waals surface area contributed by atoms with Crippen molar-refractivity contribution >= 4 is 12.4 Å². The molecule has 0 spiro atoms. The number of benzene rings is 2. The third-order valence-electron chi connectivity index (χ3n) is 4.38. The molecule has 1 fully saturated rings. The molecule has 1 aliphatic heterocycles. The second kappa shape index (κ2) is 7.93. The van der Waals surface area contributed by atoms with Gasteiger partial charge in [0, 0.05) is 12.8 Å². The molecule has 1 aliphatic rings. The molecule has 0 radical (unpaired) electrons. The first kappa shape index (κ1) is 18.0. The first-order chi connectivity index (χ1) is 10.6. The first-order valence-corrected chi connectivity index (χ1v) is 7.95. The largest absolute Gasteiger partial charge is 0.633 e. The van der Waals surface area contributed by atoms with Crippen LogP contribution in [0.5, 0.6) is 0 Å². The summed E-state index contributed by atoms with van der Waals surface area (Å²) in [6.45, 7) is 1.28. The van der Waals surface area contributed by atoms with Crippen LogP contribution in [0.15, 0.2) is 60.7 Å². The van der Waals surface area contributed by atoms with Crippen LogP contribution in [0, 0.1) is 5.21 Å². The number of nitrogens with zero attached hydrogens (tertiary/aromatic N) is 1. The quantitative estimate of drug-likeness (QED) is 0.616. The van der Waals surface area contributed by atoms with Crippen LogP contribution in [0.1, 0.15) is 30.1 Å². The molecule has 1 heterocycles. The van der Waals surface area contributed by atoms with Crippen molar-refractivity contribution in [2.24, 2.45) is 0 Å². The third kappa shape index (κ3) is 4.79. The lowest BCUT2D eigenvalue weighted by Gasteiger charge is -2.44. The Morgan fingerprint density at radius 2 is 1.35 bits per heavy atom. The van der Waals surface area contributed by atoms with Crippen LogP contribution in [0.4, 0.5) is 0 Å². The minimum atomic E-state index is -0.138. The minimum Gasteiger partial charge on any atom is -0.633 e. The molecule has 2 aromatic carbocycles. The van der Waals surface area contributed by atoms with Crippen molar-refractivity contribution in [1.29, 1.82) is 0 Å². The highest BCUT2D eigenvalue weighted by atomic mass is 35.5. The number of likely N-dealkylation sites (tertiary alicyclic amines) is 1. The Labute approximate surface area is 144 Å². The lowest BCUT2D eigenvalue weighted by molar-refractivity contribution is -0.867. The van der Waals surface area contributed by atoms with Crippen molar-refractivity contribution in [2.75, 3.05) is 20.1 Å². The predicted molar refractivity (Wildman–Crippen MR) is 95.4 cm³/mol. The number of halogens is 1. The Morgan fingerprint density at radius 3 is 1.78 bits per heavy atom. The zero-order valence-electron chi connectivity index (χ0n) is 13.4. The van der Waals surface area contributed by atoms with E-state index in [0.29, 0.717) is 13.1 Å². The number of hydrogen-bond donors (Lipinski definition) is 0. The molecule has 0 N–H and O–H groups in total. The van der Waals surface area contributed by atoms with Crippen molar-refractivity contribution in [3.63, 3.8) is 0 Å². The maximum Gasteiger partial charge on any atom is 0.108 e. The third-order valence-corrected chi connectivity index (χ3v) is 4.38. The van der Waals surface area contributed by atoms with E-state index in [-0.39, 0.29) is 29.3 Å². The summed E-state index contributed by atoms with van der Waals surface area (Å²) in [6.07, 6.45) is 1.76. The maximum atomic E-state index is 12.0. The molecule has 0 aromatic heterocycles. The summed E-state index contributed by atoms with van der Waals surface area (Å²) < 4.78 is 6.27. The number of ether oxygens (including phenoxy) is 1. The zero-order valence-corrected chi connectivity index (χ0v) is 14.2. The lowest BCUT2D eigenvalue weighted by Crippen LogP contribution is -2.46. The van der Waals surface area contributed by atoms with Gasteiger partial charge in [0.2, 0.25) is 0 Å². The van der Waals surface area contributed by atoms with Crippen LogP contribution in [0.3, 0.4) is 0 Å².